The normalized spacial score (nSPS) is 10.6. The van der Waals surface area contributed by atoms with Crippen molar-refractivity contribution in [1.82, 2.24) is 4.98 Å². The largest absolute Gasteiger partial charge is 0.502 e. The third-order valence-corrected chi connectivity index (χ3v) is 4.58. The number of pyridine rings is 1. The van der Waals surface area contributed by atoms with E-state index >= 15 is 0 Å². The molecule has 0 fully saturated rings. The molecular formula is C22H22N4O4. The second-order valence-electron chi connectivity index (χ2n) is 7.06. The first kappa shape index (κ1) is 20.8. The van der Waals surface area contributed by atoms with Crippen LogP contribution in [-0.4, -0.2) is 20.9 Å². The van der Waals surface area contributed by atoms with E-state index in [9.17, 15) is 20.0 Å². The lowest BCUT2D eigenvalue weighted by Crippen LogP contribution is -2.15. The maximum absolute atomic E-state index is 12.7. The van der Waals surface area contributed by atoms with Gasteiger partial charge in [-0.2, -0.15) is 0 Å². The van der Waals surface area contributed by atoms with Gasteiger partial charge in [0.2, 0.25) is 0 Å². The zero-order valence-electron chi connectivity index (χ0n) is 16.6. The Morgan fingerprint density at radius 1 is 1.17 bits per heavy atom. The number of phenols is 1. The van der Waals surface area contributed by atoms with E-state index < -0.39 is 10.7 Å². The highest BCUT2D eigenvalue weighted by atomic mass is 16.6. The first-order valence-electron chi connectivity index (χ1n) is 9.41. The Kier molecular flexibility index (Phi) is 6.26. The highest BCUT2D eigenvalue weighted by Gasteiger charge is 2.15. The molecule has 0 saturated heterocycles. The van der Waals surface area contributed by atoms with Gasteiger partial charge in [0.05, 0.1) is 10.5 Å². The van der Waals surface area contributed by atoms with Crippen LogP contribution in [0.15, 0.2) is 60.8 Å². The summed E-state index contributed by atoms with van der Waals surface area (Å²) in [7, 11) is 0. The summed E-state index contributed by atoms with van der Waals surface area (Å²) in [5, 5.41) is 26.4. The van der Waals surface area contributed by atoms with Gasteiger partial charge in [-0.25, -0.2) is 4.98 Å². The minimum atomic E-state index is -0.650. The number of nitro groups is 1. The van der Waals surface area contributed by atoms with E-state index in [0.717, 1.165) is 0 Å². The predicted octanol–water partition coefficient (Wildman–Crippen LogP) is 4.68. The van der Waals surface area contributed by atoms with E-state index in [4.69, 9.17) is 0 Å². The average molecular weight is 406 g/mol. The number of hydrogen-bond acceptors (Lipinski definition) is 6. The Hall–Kier alpha value is -3.94. The van der Waals surface area contributed by atoms with Crippen LogP contribution in [0.2, 0.25) is 0 Å². The molecule has 3 aromatic rings. The van der Waals surface area contributed by atoms with Crippen LogP contribution >= 0.6 is 0 Å². The van der Waals surface area contributed by atoms with Crippen LogP contribution in [0.1, 0.15) is 41.3 Å². The lowest BCUT2D eigenvalue weighted by molar-refractivity contribution is -0.385. The van der Waals surface area contributed by atoms with Crippen LogP contribution in [0.4, 0.5) is 17.2 Å². The topological polar surface area (TPSA) is 117 Å². The number of aromatic nitrogens is 1. The fourth-order valence-corrected chi connectivity index (χ4v) is 2.89. The van der Waals surface area contributed by atoms with Crippen molar-refractivity contribution in [2.45, 2.75) is 26.3 Å². The Morgan fingerprint density at radius 3 is 2.57 bits per heavy atom. The molecule has 1 amide bonds. The zero-order chi connectivity index (χ0) is 21.7. The number of hydrogen-bond donors (Lipinski definition) is 3. The molecular weight excluding hydrogens is 384 g/mol. The molecule has 3 N–H and O–H groups in total. The third kappa shape index (κ3) is 4.91. The molecule has 1 aromatic heterocycles. The maximum atomic E-state index is 12.7. The smallest absolute Gasteiger partial charge is 0.311 e. The van der Waals surface area contributed by atoms with Gasteiger partial charge in [0.15, 0.2) is 5.75 Å². The van der Waals surface area contributed by atoms with Gasteiger partial charge in [0.25, 0.3) is 5.91 Å². The van der Waals surface area contributed by atoms with Crippen LogP contribution in [0, 0.1) is 10.1 Å². The second-order valence-corrected chi connectivity index (χ2v) is 7.06. The average Bonchev–Trinajstić information content (AvgIpc) is 2.73. The minimum absolute atomic E-state index is 0.196. The van der Waals surface area contributed by atoms with Gasteiger partial charge in [-0.3, -0.25) is 14.9 Å². The quantitative estimate of drug-likeness (QED) is 0.387. The summed E-state index contributed by atoms with van der Waals surface area (Å²) in [5.74, 6) is 0.0360. The molecule has 8 nitrogen and oxygen atoms in total. The van der Waals surface area contributed by atoms with Crippen LogP contribution in [0.5, 0.6) is 5.75 Å². The first-order valence-corrected chi connectivity index (χ1v) is 9.41. The van der Waals surface area contributed by atoms with Gasteiger partial charge in [-0.05, 0) is 47.4 Å². The fourth-order valence-electron chi connectivity index (χ4n) is 2.89. The highest BCUT2D eigenvalue weighted by Crippen LogP contribution is 2.27. The number of nitro benzene ring substituents is 1. The molecule has 1 heterocycles. The van der Waals surface area contributed by atoms with Crippen molar-refractivity contribution in [2.75, 3.05) is 10.6 Å². The molecule has 0 atom stereocenters. The number of amides is 1. The number of rotatable bonds is 7. The summed E-state index contributed by atoms with van der Waals surface area (Å²) in [6, 6.07) is 15.1. The number of phenolic OH excluding ortho intramolecular Hbond substituents is 1. The van der Waals surface area contributed by atoms with Crippen LogP contribution in [0.25, 0.3) is 0 Å². The molecule has 3 rings (SSSR count). The zero-order valence-corrected chi connectivity index (χ0v) is 16.6. The van der Waals surface area contributed by atoms with Crippen LogP contribution < -0.4 is 10.6 Å². The van der Waals surface area contributed by atoms with E-state index in [2.05, 4.69) is 29.5 Å². The van der Waals surface area contributed by atoms with Crippen molar-refractivity contribution in [3.05, 3.63) is 87.6 Å². The SMILES string of the molecule is CC(C)c1ccc(NC(=O)c2cccnc2NCc2ccc(O)c([N+](=O)[O-])c2)cc1. The predicted molar refractivity (Wildman–Crippen MR) is 115 cm³/mol. The highest BCUT2D eigenvalue weighted by molar-refractivity contribution is 6.07. The number of carbonyl (C=O) groups excluding carboxylic acids is 1. The molecule has 0 aliphatic heterocycles. The molecule has 0 aliphatic rings. The van der Waals surface area contributed by atoms with Crippen LogP contribution in [-0.2, 0) is 6.54 Å². The molecule has 2 aromatic carbocycles. The summed E-state index contributed by atoms with van der Waals surface area (Å²) < 4.78 is 0. The van der Waals surface area contributed by atoms with Crippen molar-refractivity contribution < 1.29 is 14.8 Å². The third-order valence-electron chi connectivity index (χ3n) is 4.58. The Balaban J connectivity index is 1.73. The first-order chi connectivity index (χ1) is 14.3. The van der Waals surface area contributed by atoms with E-state index in [1.807, 2.05) is 24.3 Å². The van der Waals surface area contributed by atoms with E-state index in [1.54, 1.807) is 24.4 Å². The summed E-state index contributed by atoms with van der Waals surface area (Å²) >= 11 is 0. The van der Waals surface area contributed by atoms with Gasteiger partial charge in [0.1, 0.15) is 5.82 Å². The minimum Gasteiger partial charge on any atom is -0.502 e. The van der Waals surface area contributed by atoms with Crippen molar-refractivity contribution >= 4 is 23.1 Å². The number of benzene rings is 2. The molecule has 154 valence electrons. The van der Waals surface area contributed by atoms with Gasteiger partial charge < -0.3 is 15.7 Å². The van der Waals surface area contributed by atoms with Crippen molar-refractivity contribution in [3.63, 3.8) is 0 Å². The van der Waals surface area contributed by atoms with Crippen molar-refractivity contribution in [3.8, 4) is 5.75 Å². The Morgan fingerprint density at radius 2 is 1.90 bits per heavy atom. The summed E-state index contributed by atoms with van der Waals surface area (Å²) in [6.45, 7) is 4.40. The number of aromatic hydroxyl groups is 1. The molecule has 30 heavy (non-hydrogen) atoms. The van der Waals surface area contributed by atoms with Crippen LogP contribution in [0.3, 0.4) is 0 Å². The summed E-state index contributed by atoms with van der Waals surface area (Å²) in [6.07, 6.45) is 1.55. The number of carbonyl (C=O) groups is 1. The Labute approximate surface area is 173 Å². The molecule has 0 bridgehead atoms. The van der Waals surface area contributed by atoms with E-state index in [-0.39, 0.29) is 18.1 Å². The Bertz CT molecular complexity index is 1060. The monoisotopic (exact) mass is 406 g/mol. The van der Waals surface area contributed by atoms with Gasteiger partial charge in [-0.1, -0.05) is 32.0 Å². The van der Waals surface area contributed by atoms with E-state index in [0.29, 0.717) is 28.6 Å². The van der Waals surface area contributed by atoms with E-state index in [1.165, 1.54) is 17.7 Å². The number of anilines is 2. The molecule has 8 heteroatoms. The van der Waals surface area contributed by atoms with Gasteiger partial charge in [-0.15, -0.1) is 0 Å². The van der Waals surface area contributed by atoms with Crippen molar-refractivity contribution in [2.24, 2.45) is 0 Å². The van der Waals surface area contributed by atoms with Crippen molar-refractivity contribution in [1.29, 1.82) is 0 Å². The molecule has 0 unspecified atom stereocenters. The number of nitrogens with one attached hydrogen (secondary N) is 2. The lowest BCUT2D eigenvalue weighted by Gasteiger charge is -2.12. The number of nitrogens with zero attached hydrogens (tertiary/aromatic N) is 2. The lowest BCUT2D eigenvalue weighted by atomic mass is 10.0. The molecule has 0 radical (unpaired) electrons. The van der Waals surface area contributed by atoms with Gasteiger partial charge in [0, 0.05) is 24.5 Å². The molecule has 0 spiro atoms. The standard InChI is InChI=1S/C22H22N4O4/c1-14(2)16-6-8-17(9-7-16)25-22(28)18-4-3-11-23-21(18)24-13-15-5-10-20(27)19(12-15)26(29)30/h3-12,14,27H,13H2,1-2H3,(H,23,24)(H,25,28). The summed E-state index contributed by atoms with van der Waals surface area (Å²) in [4.78, 5) is 27.3. The second kappa shape index (κ2) is 9.04. The summed E-state index contributed by atoms with van der Waals surface area (Å²) in [5.41, 5.74) is 2.39. The maximum Gasteiger partial charge on any atom is 0.311 e. The fraction of sp³-hybridized carbons (Fsp3) is 0.182. The molecule has 0 saturated carbocycles. The van der Waals surface area contributed by atoms with Gasteiger partial charge >= 0.3 is 5.69 Å². The molecule has 0 aliphatic carbocycles.